The zero-order valence-corrected chi connectivity index (χ0v) is 13.7. The smallest absolute Gasteiger partial charge is 0.345 e. The second-order valence-electron chi connectivity index (χ2n) is 5.24. The molecule has 1 atom stereocenters. The Bertz CT molecular complexity index is 881. The molecule has 0 fully saturated rings. The Morgan fingerprint density at radius 3 is 2.44 bits per heavy atom. The van der Waals surface area contributed by atoms with Crippen LogP contribution in [0, 0.1) is 0 Å². The summed E-state index contributed by atoms with van der Waals surface area (Å²) in [6, 6.07) is 6.80. The Balaban J connectivity index is 2.15. The summed E-state index contributed by atoms with van der Waals surface area (Å²) in [4.78, 5) is 15.2. The van der Waals surface area contributed by atoms with E-state index in [-0.39, 0.29) is 10.5 Å². The molecule has 0 saturated heterocycles. The fourth-order valence-electron chi connectivity index (χ4n) is 2.02. The van der Waals surface area contributed by atoms with Crippen molar-refractivity contribution in [3.63, 3.8) is 0 Å². The number of pyridine rings is 1. The van der Waals surface area contributed by atoms with Gasteiger partial charge in [0.05, 0.1) is 16.5 Å². The van der Waals surface area contributed by atoms with Crippen molar-refractivity contribution in [2.45, 2.75) is 24.0 Å². The van der Waals surface area contributed by atoms with Gasteiger partial charge in [-0.3, -0.25) is 9.78 Å². The molecule has 2 aromatic rings. The molecule has 2 rings (SSSR count). The Morgan fingerprint density at radius 1 is 1.24 bits per heavy atom. The van der Waals surface area contributed by atoms with E-state index in [1.165, 1.54) is 18.2 Å². The van der Waals surface area contributed by atoms with Crippen molar-refractivity contribution < 1.29 is 26.4 Å². The number of nitrogens with zero attached hydrogens (tertiary/aromatic N) is 1. The number of alkyl halides is 3. The van der Waals surface area contributed by atoms with E-state index in [2.05, 4.69) is 10.3 Å². The number of hydrogen-bond donors (Lipinski definition) is 2. The third kappa shape index (κ3) is 4.77. The first kappa shape index (κ1) is 18.9. The zero-order chi connectivity index (χ0) is 18.8. The fraction of sp³-hybridized carbons (Fsp3) is 0.200. The molecule has 1 aromatic heterocycles. The number of sulfonamides is 1. The average Bonchev–Trinajstić information content (AvgIpc) is 2.53. The van der Waals surface area contributed by atoms with Crippen LogP contribution in [0.25, 0.3) is 0 Å². The van der Waals surface area contributed by atoms with Crippen LogP contribution in [0.5, 0.6) is 0 Å². The number of rotatable bonds is 4. The first-order chi connectivity index (χ1) is 11.5. The number of hydrogen-bond acceptors (Lipinski definition) is 4. The number of benzene rings is 1. The highest BCUT2D eigenvalue weighted by atomic mass is 32.2. The van der Waals surface area contributed by atoms with Crippen LogP contribution >= 0.6 is 0 Å². The number of aromatic nitrogens is 1. The first-order valence-corrected chi connectivity index (χ1v) is 8.50. The first-order valence-electron chi connectivity index (χ1n) is 6.95. The van der Waals surface area contributed by atoms with Crippen molar-refractivity contribution in [1.82, 2.24) is 10.3 Å². The topological polar surface area (TPSA) is 102 Å². The largest absolute Gasteiger partial charge is 0.433 e. The van der Waals surface area contributed by atoms with Crippen LogP contribution in [0.1, 0.15) is 34.6 Å². The molecule has 1 aromatic carbocycles. The average molecular weight is 373 g/mol. The molecule has 0 radical (unpaired) electrons. The summed E-state index contributed by atoms with van der Waals surface area (Å²) in [5, 5.41) is 7.61. The third-order valence-electron chi connectivity index (χ3n) is 3.35. The van der Waals surface area contributed by atoms with Crippen molar-refractivity contribution in [1.29, 1.82) is 0 Å². The second-order valence-corrected chi connectivity index (χ2v) is 6.80. The van der Waals surface area contributed by atoms with Gasteiger partial charge in [-0.25, -0.2) is 13.6 Å². The molecule has 1 heterocycles. The number of nitrogens with one attached hydrogen (secondary N) is 1. The Kier molecular flexibility index (Phi) is 5.14. The normalized spacial score (nSPS) is 13.3. The number of primary sulfonamides is 1. The van der Waals surface area contributed by atoms with Crippen molar-refractivity contribution in [3.05, 3.63) is 59.4 Å². The van der Waals surface area contributed by atoms with Crippen LogP contribution in [-0.4, -0.2) is 19.3 Å². The van der Waals surface area contributed by atoms with Gasteiger partial charge in [0.25, 0.3) is 5.91 Å². The minimum atomic E-state index is -4.59. The van der Waals surface area contributed by atoms with E-state index < -0.39 is 33.8 Å². The molecule has 1 amide bonds. The number of halogens is 3. The molecular formula is C15H14F3N3O3S. The maximum absolute atomic E-state index is 12.5. The lowest BCUT2D eigenvalue weighted by Crippen LogP contribution is -2.27. The summed E-state index contributed by atoms with van der Waals surface area (Å²) < 4.78 is 60.1. The summed E-state index contributed by atoms with van der Waals surface area (Å²) in [5.41, 5.74) is -0.680. The number of carbonyl (C=O) groups is 1. The van der Waals surface area contributed by atoms with E-state index in [9.17, 15) is 26.4 Å². The molecular weight excluding hydrogens is 359 g/mol. The van der Waals surface area contributed by atoms with Crippen LogP contribution in [0.4, 0.5) is 13.2 Å². The predicted molar refractivity (Wildman–Crippen MR) is 82.9 cm³/mol. The number of carbonyl (C=O) groups excluding carboxylic acids is 1. The highest BCUT2D eigenvalue weighted by Gasteiger charge is 2.32. The molecule has 0 saturated carbocycles. The third-order valence-corrected chi connectivity index (χ3v) is 4.26. The molecule has 0 spiro atoms. The van der Waals surface area contributed by atoms with E-state index in [1.807, 2.05) is 0 Å². The van der Waals surface area contributed by atoms with Gasteiger partial charge in [-0.1, -0.05) is 12.1 Å². The Morgan fingerprint density at radius 2 is 1.92 bits per heavy atom. The standard InChI is InChI=1S/C15H14F3N3O3S/c1-9(10-3-2-4-12(7-10)25(19,23)24)21-14(22)11-5-6-13(20-8-11)15(16,17)18/h2-9H,1H3,(H,21,22)(H2,19,23,24). The van der Waals surface area contributed by atoms with Gasteiger partial charge in [-0.05, 0) is 36.8 Å². The van der Waals surface area contributed by atoms with E-state index in [4.69, 9.17) is 5.14 Å². The molecule has 25 heavy (non-hydrogen) atoms. The highest BCUT2D eigenvalue weighted by molar-refractivity contribution is 7.89. The lowest BCUT2D eigenvalue weighted by Gasteiger charge is -2.15. The van der Waals surface area contributed by atoms with Gasteiger partial charge >= 0.3 is 6.18 Å². The van der Waals surface area contributed by atoms with E-state index in [0.717, 1.165) is 12.3 Å². The Labute approximate surface area is 141 Å². The van der Waals surface area contributed by atoms with Crippen molar-refractivity contribution in [2.24, 2.45) is 5.14 Å². The zero-order valence-electron chi connectivity index (χ0n) is 12.9. The minimum Gasteiger partial charge on any atom is -0.345 e. The molecule has 0 aliphatic carbocycles. The van der Waals surface area contributed by atoms with Gasteiger partial charge in [0.15, 0.2) is 0 Å². The van der Waals surface area contributed by atoms with Gasteiger partial charge in [0, 0.05) is 6.20 Å². The van der Waals surface area contributed by atoms with E-state index in [0.29, 0.717) is 11.6 Å². The molecule has 10 heteroatoms. The lowest BCUT2D eigenvalue weighted by atomic mass is 10.1. The predicted octanol–water partition coefficient (Wildman–Crippen LogP) is 2.24. The highest BCUT2D eigenvalue weighted by Crippen LogP contribution is 2.27. The van der Waals surface area contributed by atoms with Crippen LogP contribution < -0.4 is 10.5 Å². The van der Waals surface area contributed by atoms with Crippen LogP contribution in [0.2, 0.25) is 0 Å². The SMILES string of the molecule is CC(NC(=O)c1ccc(C(F)(F)F)nc1)c1cccc(S(N)(=O)=O)c1. The van der Waals surface area contributed by atoms with Crippen molar-refractivity contribution in [2.75, 3.05) is 0 Å². The maximum atomic E-state index is 12.5. The van der Waals surface area contributed by atoms with Gasteiger partial charge in [0.1, 0.15) is 5.69 Å². The van der Waals surface area contributed by atoms with Crippen molar-refractivity contribution in [3.8, 4) is 0 Å². The fourth-order valence-corrected chi connectivity index (χ4v) is 2.59. The molecule has 3 N–H and O–H groups in total. The van der Waals surface area contributed by atoms with Crippen LogP contribution in [0.3, 0.4) is 0 Å². The summed E-state index contributed by atoms with van der Waals surface area (Å²) in [7, 11) is -3.89. The number of amides is 1. The second kappa shape index (κ2) is 6.81. The molecule has 0 aliphatic heterocycles. The van der Waals surface area contributed by atoms with Gasteiger partial charge in [-0.15, -0.1) is 0 Å². The van der Waals surface area contributed by atoms with Gasteiger partial charge in [0.2, 0.25) is 10.0 Å². The quantitative estimate of drug-likeness (QED) is 0.858. The molecule has 0 aliphatic rings. The van der Waals surface area contributed by atoms with E-state index >= 15 is 0 Å². The van der Waals surface area contributed by atoms with Crippen molar-refractivity contribution >= 4 is 15.9 Å². The summed E-state index contributed by atoms with van der Waals surface area (Å²) in [6.45, 7) is 1.59. The molecule has 6 nitrogen and oxygen atoms in total. The van der Waals surface area contributed by atoms with Crippen LogP contribution in [0.15, 0.2) is 47.5 Å². The summed E-state index contributed by atoms with van der Waals surface area (Å²) in [5.74, 6) is -0.644. The maximum Gasteiger partial charge on any atom is 0.433 e. The lowest BCUT2D eigenvalue weighted by molar-refractivity contribution is -0.141. The van der Waals surface area contributed by atoms with Gasteiger partial charge < -0.3 is 5.32 Å². The van der Waals surface area contributed by atoms with E-state index in [1.54, 1.807) is 13.0 Å². The van der Waals surface area contributed by atoms with Crippen LogP contribution in [-0.2, 0) is 16.2 Å². The number of nitrogens with two attached hydrogens (primary N) is 1. The summed E-state index contributed by atoms with van der Waals surface area (Å²) in [6.07, 6.45) is -3.76. The summed E-state index contributed by atoms with van der Waals surface area (Å²) >= 11 is 0. The molecule has 134 valence electrons. The molecule has 0 bridgehead atoms. The van der Waals surface area contributed by atoms with Gasteiger partial charge in [-0.2, -0.15) is 13.2 Å². The minimum absolute atomic E-state index is 0.0533. The monoisotopic (exact) mass is 373 g/mol. The Hall–Kier alpha value is -2.46. The molecule has 1 unspecified atom stereocenters.